The van der Waals surface area contributed by atoms with Crippen LogP contribution >= 0.6 is 0 Å². The summed E-state index contributed by atoms with van der Waals surface area (Å²) in [6.07, 6.45) is 8.72. The molecule has 154 valence electrons. The minimum Gasteiger partial charge on any atom is -0.483 e. The number of allylic oxidation sites excluding steroid dienone is 2. The predicted octanol–water partition coefficient (Wildman–Crippen LogP) is 4.53. The van der Waals surface area contributed by atoms with Crippen LogP contribution in [0.3, 0.4) is 0 Å². The SMILES string of the molecule is C=CC(=CC)N1CC(C)Oc2cnc(Nc3ccc(-n4cnc(C)c4)c(F)c3)nc21. The van der Waals surface area contributed by atoms with E-state index in [-0.39, 0.29) is 11.9 Å². The fourth-order valence-corrected chi connectivity index (χ4v) is 3.38. The number of aryl methyl sites for hydroxylation is 1. The first kappa shape index (κ1) is 19.6. The van der Waals surface area contributed by atoms with Gasteiger partial charge < -0.3 is 19.5 Å². The molecule has 3 aromatic rings. The van der Waals surface area contributed by atoms with E-state index in [1.807, 2.05) is 31.7 Å². The van der Waals surface area contributed by atoms with Gasteiger partial charge in [-0.25, -0.2) is 14.4 Å². The predicted molar refractivity (Wildman–Crippen MR) is 115 cm³/mol. The zero-order valence-corrected chi connectivity index (χ0v) is 17.1. The lowest BCUT2D eigenvalue weighted by Crippen LogP contribution is -2.38. The van der Waals surface area contributed by atoms with Crippen molar-refractivity contribution in [3.05, 3.63) is 72.9 Å². The topological polar surface area (TPSA) is 68.1 Å². The van der Waals surface area contributed by atoms with Crippen molar-refractivity contribution < 1.29 is 9.13 Å². The molecule has 3 heterocycles. The number of benzene rings is 1. The average molecular weight is 406 g/mol. The van der Waals surface area contributed by atoms with E-state index in [9.17, 15) is 4.39 Å². The third-order valence-electron chi connectivity index (χ3n) is 4.77. The molecule has 0 fully saturated rings. The Balaban J connectivity index is 1.62. The number of aromatic nitrogens is 4. The molecule has 1 atom stereocenters. The van der Waals surface area contributed by atoms with Gasteiger partial charge in [-0.2, -0.15) is 4.98 Å². The van der Waals surface area contributed by atoms with E-state index in [0.717, 1.165) is 11.4 Å². The largest absolute Gasteiger partial charge is 0.483 e. The molecule has 0 saturated carbocycles. The lowest BCUT2D eigenvalue weighted by atomic mass is 10.2. The van der Waals surface area contributed by atoms with E-state index in [0.29, 0.717) is 35.4 Å². The van der Waals surface area contributed by atoms with Gasteiger partial charge in [0.2, 0.25) is 5.95 Å². The smallest absolute Gasteiger partial charge is 0.229 e. The highest BCUT2D eigenvalue weighted by molar-refractivity contribution is 5.64. The number of imidazole rings is 1. The molecule has 1 unspecified atom stereocenters. The molecular weight excluding hydrogens is 383 g/mol. The van der Waals surface area contributed by atoms with Gasteiger partial charge in [-0.05, 0) is 45.0 Å². The lowest BCUT2D eigenvalue weighted by Gasteiger charge is -2.34. The molecule has 1 N–H and O–H groups in total. The van der Waals surface area contributed by atoms with Gasteiger partial charge in [0.25, 0.3) is 0 Å². The highest BCUT2D eigenvalue weighted by Gasteiger charge is 2.26. The molecule has 1 aliphatic heterocycles. The van der Waals surface area contributed by atoms with Crippen LogP contribution in [0.2, 0.25) is 0 Å². The summed E-state index contributed by atoms with van der Waals surface area (Å²) in [4.78, 5) is 15.1. The standard InChI is InChI=1S/C22H23FN6O/c1-5-17(6-2)29-12-15(4)30-20-10-24-22(27-21(20)29)26-16-7-8-19(18(23)9-16)28-11-14(3)25-13-28/h5-11,13,15H,1,12H2,2-4H3,(H,24,26,27). The summed E-state index contributed by atoms with van der Waals surface area (Å²) in [6.45, 7) is 10.3. The van der Waals surface area contributed by atoms with Crippen molar-refractivity contribution in [1.29, 1.82) is 0 Å². The Bertz CT molecular complexity index is 1120. The van der Waals surface area contributed by atoms with E-state index in [1.54, 1.807) is 41.5 Å². The van der Waals surface area contributed by atoms with Gasteiger partial charge in [0.1, 0.15) is 11.9 Å². The molecule has 0 radical (unpaired) electrons. The van der Waals surface area contributed by atoms with E-state index < -0.39 is 0 Å². The molecule has 0 spiro atoms. The van der Waals surface area contributed by atoms with Gasteiger partial charge in [-0.15, -0.1) is 0 Å². The molecule has 2 aromatic heterocycles. The van der Waals surface area contributed by atoms with Gasteiger partial charge >= 0.3 is 0 Å². The van der Waals surface area contributed by atoms with Crippen molar-refractivity contribution in [1.82, 2.24) is 19.5 Å². The first-order chi connectivity index (χ1) is 14.5. The maximum absolute atomic E-state index is 14.6. The van der Waals surface area contributed by atoms with Crippen molar-refractivity contribution in [2.24, 2.45) is 0 Å². The number of fused-ring (bicyclic) bond motifs is 1. The Hall–Kier alpha value is -3.68. The van der Waals surface area contributed by atoms with Crippen LogP contribution in [0, 0.1) is 12.7 Å². The monoisotopic (exact) mass is 406 g/mol. The molecule has 4 rings (SSSR count). The fraction of sp³-hybridized carbons (Fsp3) is 0.227. The molecule has 7 nitrogen and oxygen atoms in total. The maximum atomic E-state index is 14.6. The number of nitrogens with one attached hydrogen (secondary N) is 1. The Labute approximate surface area is 174 Å². The third kappa shape index (κ3) is 3.76. The average Bonchev–Trinajstić information content (AvgIpc) is 3.15. The molecule has 0 bridgehead atoms. The van der Waals surface area contributed by atoms with Crippen molar-refractivity contribution in [2.45, 2.75) is 26.9 Å². The summed E-state index contributed by atoms with van der Waals surface area (Å²) in [5, 5.41) is 3.07. The third-order valence-corrected chi connectivity index (χ3v) is 4.77. The van der Waals surface area contributed by atoms with E-state index in [2.05, 4.69) is 26.8 Å². The Kier molecular flexibility index (Phi) is 5.22. The summed E-state index contributed by atoms with van der Waals surface area (Å²) in [6, 6.07) is 4.86. The maximum Gasteiger partial charge on any atom is 0.229 e. The number of rotatable bonds is 5. The zero-order chi connectivity index (χ0) is 21.3. The van der Waals surface area contributed by atoms with Gasteiger partial charge in [0, 0.05) is 17.6 Å². The molecule has 8 heteroatoms. The molecule has 0 amide bonds. The normalized spacial score (nSPS) is 16.1. The zero-order valence-electron chi connectivity index (χ0n) is 17.1. The number of halogens is 1. The van der Waals surface area contributed by atoms with E-state index >= 15 is 0 Å². The van der Waals surface area contributed by atoms with Gasteiger partial charge in [0.05, 0.1) is 30.5 Å². The quantitative estimate of drug-likeness (QED) is 0.628. The summed E-state index contributed by atoms with van der Waals surface area (Å²) < 4.78 is 22.2. The van der Waals surface area contributed by atoms with Crippen molar-refractivity contribution in [3.63, 3.8) is 0 Å². The van der Waals surface area contributed by atoms with Crippen LogP contribution in [0.15, 0.2) is 61.3 Å². The van der Waals surface area contributed by atoms with E-state index in [1.165, 1.54) is 6.07 Å². The second-order valence-electron chi connectivity index (χ2n) is 7.05. The summed E-state index contributed by atoms with van der Waals surface area (Å²) in [5.74, 6) is 1.21. The van der Waals surface area contributed by atoms with Gasteiger partial charge in [-0.3, -0.25) is 0 Å². The second kappa shape index (κ2) is 7.98. The van der Waals surface area contributed by atoms with E-state index in [4.69, 9.17) is 4.74 Å². The number of ether oxygens (including phenoxy) is 1. The summed E-state index contributed by atoms with van der Waals surface area (Å²) in [7, 11) is 0. The Morgan fingerprint density at radius 2 is 2.20 bits per heavy atom. The highest BCUT2D eigenvalue weighted by atomic mass is 19.1. The van der Waals surface area contributed by atoms with Crippen LogP contribution in [0.1, 0.15) is 19.5 Å². The number of hydrogen-bond acceptors (Lipinski definition) is 6. The fourth-order valence-electron chi connectivity index (χ4n) is 3.38. The summed E-state index contributed by atoms with van der Waals surface area (Å²) >= 11 is 0. The molecule has 0 saturated heterocycles. The van der Waals surface area contributed by atoms with Crippen molar-refractivity contribution in [2.75, 3.05) is 16.8 Å². The number of hydrogen-bond donors (Lipinski definition) is 1. The number of nitrogens with zero attached hydrogens (tertiary/aromatic N) is 5. The van der Waals surface area contributed by atoms with Crippen LogP contribution < -0.4 is 15.0 Å². The van der Waals surface area contributed by atoms with Crippen LogP contribution in [-0.2, 0) is 0 Å². The molecule has 30 heavy (non-hydrogen) atoms. The van der Waals surface area contributed by atoms with Crippen LogP contribution in [0.5, 0.6) is 5.75 Å². The minimum absolute atomic E-state index is 0.0109. The Morgan fingerprint density at radius 1 is 1.37 bits per heavy atom. The van der Waals surface area contributed by atoms with Crippen molar-refractivity contribution >= 4 is 17.5 Å². The minimum atomic E-state index is -0.378. The van der Waals surface area contributed by atoms with Crippen LogP contribution in [-0.4, -0.2) is 32.2 Å². The first-order valence-electron chi connectivity index (χ1n) is 9.66. The van der Waals surface area contributed by atoms with Crippen LogP contribution in [0.4, 0.5) is 21.8 Å². The summed E-state index contributed by atoms with van der Waals surface area (Å²) in [5.41, 5.74) is 2.71. The van der Waals surface area contributed by atoms with Gasteiger partial charge in [0.15, 0.2) is 11.6 Å². The lowest BCUT2D eigenvalue weighted by molar-refractivity contribution is 0.214. The second-order valence-corrected chi connectivity index (χ2v) is 7.05. The van der Waals surface area contributed by atoms with Crippen molar-refractivity contribution in [3.8, 4) is 11.4 Å². The molecule has 1 aliphatic rings. The highest BCUT2D eigenvalue weighted by Crippen LogP contribution is 2.34. The molecular formula is C22H23FN6O. The first-order valence-corrected chi connectivity index (χ1v) is 9.66. The molecule has 1 aromatic carbocycles. The molecule has 0 aliphatic carbocycles. The van der Waals surface area contributed by atoms with Gasteiger partial charge in [-0.1, -0.05) is 12.7 Å². The number of anilines is 3. The Morgan fingerprint density at radius 3 is 2.87 bits per heavy atom. The van der Waals surface area contributed by atoms with Crippen LogP contribution in [0.25, 0.3) is 5.69 Å².